The summed E-state index contributed by atoms with van der Waals surface area (Å²) in [5.41, 5.74) is 3.18. The first kappa shape index (κ1) is 12.2. The van der Waals surface area contributed by atoms with Gasteiger partial charge >= 0.3 is 0 Å². The van der Waals surface area contributed by atoms with E-state index in [-0.39, 0.29) is 0 Å². The molecule has 18 heavy (non-hydrogen) atoms. The Morgan fingerprint density at radius 1 is 1.33 bits per heavy atom. The lowest BCUT2D eigenvalue weighted by Crippen LogP contribution is -2.19. The fourth-order valence-corrected chi connectivity index (χ4v) is 4.32. The van der Waals surface area contributed by atoms with Crippen LogP contribution in [0.5, 0.6) is 0 Å². The highest BCUT2D eigenvalue weighted by atomic mass is 16.3. The van der Waals surface area contributed by atoms with Gasteiger partial charge in [-0.1, -0.05) is 6.42 Å². The molecule has 1 aromatic heterocycles. The third kappa shape index (κ3) is 1.89. The van der Waals surface area contributed by atoms with E-state index in [9.17, 15) is 5.11 Å². The van der Waals surface area contributed by atoms with Gasteiger partial charge in [0.25, 0.3) is 0 Å². The molecule has 2 aliphatic rings. The first-order chi connectivity index (χ1) is 8.56. The van der Waals surface area contributed by atoms with Crippen LogP contribution >= 0.6 is 0 Å². The smallest absolute Gasteiger partial charge is 0.0797 e. The molecular formula is C15H24N2O. The molecule has 4 atom stereocenters. The fraction of sp³-hybridized carbons (Fsp3) is 0.800. The van der Waals surface area contributed by atoms with Crippen molar-refractivity contribution in [1.82, 2.24) is 9.78 Å². The molecule has 2 fully saturated rings. The number of hydrogen-bond acceptors (Lipinski definition) is 2. The van der Waals surface area contributed by atoms with Gasteiger partial charge < -0.3 is 5.11 Å². The first-order valence-corrected chi connectivity index (χ1v) is 7.28. The zero-order valence-corrected chi connectivity index (χ0v) is 11.7. The van der Waals surface area contributed by atoms with Crippen LogP contribution in [0.2, 0.25) is 0 Å². The van der Waals surface area contributed by atoms with Crippen LogP contribution in [-0.4, -0.2) is 14.9 Å². The van der Waals surface area contributed by atoms with E-state index in [2.05, 4.69) is 16.7 Å². The number of rotatable bonds is 3. The quantitative estimate of drug-likeness (QED) is 0.893. The molecule has 1 heterocycles. The van der Waals surface area contributed by atoms with Gasteiger partial charge in [-0.3, -0.25) is 4.68 Å². The Hall–Kier alpha value is -0.830. The van der Waals surface area contributed by atoms with Crippen molar-refractivity contribution >= 4 is 0 Å². The van der Waals surface area contributed by atoms with Crippen LogP contribution in [0.25, 0.3) is 0 Å². The van der Waals surface area contributed by atoms with Gasteiger partial charge in [0.05, 0.1) is 11.8 Å². The molecule has 0 aliphatic heterocycles. The summed E-state index contributed by atoms with van der Waals surface area (Å²) in [5.74, 6) is 2.76. The van der Waals surface area contributed by atoms with E-state index in [1.165, 1.54) is 25.7 Å². The second kappa shape index (κ2) is 4.37. The summed E-state index contributed by atoms with van der Waals surface area (Å²) in [6, 6.07) is 0. The standard InChI is InChI=1S/C15H24N2O/c1-9-15(11(3)18)10(2)17(16-9)8-14-7-12-4-5-13(14)6-12/h11-14,18H,4-8H2,1-3H3. The highest BCUT2D eigenvalue weighted by molar-refractivity contribution is 5.26. The Balaban J connectivity index is 1.79. The van der Waals surface area contributed by atoms with E-state index in [0.717, 1.165) is 41.2 Å². The van der Waals surface area contributed by atoms with Crippen LogP contribution < -0.4 is 0 Å². The molecule has 0 saturated heterocycles. The third-order valence-electron chi connectivity index (χ3n) is 5.15. The first-order valence-electron chi connectivity index (χ1n) is 7.28. The fourth-order valence-electron chi connectivity index (χ4n) is 4.32. The Labute approximate surface area is 109 Å². The normalized spacial score (nSPS) is 32.1. The zero-order chi connectivity index (χ0) is 12.9. The summed E-state index contributed by atoms with van der Waals surface area (Å²) in [6.45, 7) is 6.99. The number of aliphatic hydroxyl groups is 1. The highest BCUT2D eigenvalue weighted by Crippen LogP contribution is 2.48. The maximum Gasteiger partial charge on any atom is 0.0797 e. The molecule has 2 bridgehead atoms. The van der Waals surface area contributed by atoms with Crippen LogP contribution in [0.4, 0.5) is 0 Å². The number of fused-ring (bicyclic) bond motifs is 2. The SMILES string of the molecule is Cc1nn(CC2CC3CCC2C3)c(C)c1C(C)O. The van der Waals surface area contributed by atoms with Gasteiger partial charge in [-0.2, -0.15) is 5.10 Å². The molecule has 4 unspecified atom stereocenters. The van der Waals surface area contributed by atoms with E-state index in [1.807, 2.05) is 13.8 Å². The number of aliphatic hydroxyl groups excluding tert-OH is 1. The predicted octanol–water partition coefficient (Wildman–Crippen LogP) is 2.99. The maximum atomic E-state index is 9.81. The van der Waals surface area contributed by atoms with Crippen LogP contribution in [0, 0.1) is 31.6 Å². The molecule has 2 saturated carbocycles. The number of aryl methyl sites for hydroxylation is 1. The van der Waals surface area contributed by atoms with Crippen molar-refractivity contribution in [2.24, 2.45) is 17.8 Å². The number of nitrogens with zero attached hydrogens (tertiary/aromatic N) is 2. The van der Waals surface area contributed by atoms with Crippen LogP contribution in [0.1, 0.15) is 55.7 Å². The van der Waals surface area contributed by atoms with Gasteiger partial charge in [0.2, 0.25) is 0 Å². The second-order valence-corrected chi connectivity index (χ2v) is 6.38. The molecule has 1 N–H and O–H groups in total. The van der Waals surface area contributed by atoms with Gasteiger partial charge in [-0.15, -0.1) is 0 Å². The molecule has 0 radical (unpaired) electrons. The largest absolute Gasteiger partial charge is 0.389 e. The molecule has 3 nitrogen and oxygen atoms in total. The van der Waals surface area contributed by atoms with Gasteiger partial charge in [0.15, 0.2) is 0 Å². The molecule has 2 aliphatic carbocycles. The Bertz CT molecular complexity index is 450. The van der Waals surface area contributed by atoms with Crippen molar-refractivity contribution in [2.75, 3.05) is 0 Å². The Morgan fingerprint density at radius 2 is 2.11 bits per heavy atom. The maximum absolute atomic E-state index is 9.81. The molecule has 100 valence electrons. The minimum Gasteiger partial charge on any atom is -0.389 e. The minimum absolute atomic E-state index is 0.404. The average molecular weight is 248 g/mol. The van der Waals surface area contributed by atoms with Gasteiger partial charge in [0, 0.05) is 17.8 Å². The lowest BCUT2D eigenvalue weighted by molar-refractivity contribution is 0.197. The monoisotopic (exact) mass is 248 g/mol. The molecule has 3 rings (SSSR count). The van der Waals surface area contributed by atoms with Crippen molar-refractivity contribution in [3.8, 4) is 0 Å². The average Bonchev–Trinajstić information content (AvgIpc) is 2.94. The van der Waals surface area contributed by atoms with Crippen molar-refractivity contribution < 1.29 is 5.11 Å². The van der Waals surface area contributed by atoms with Crippen molar-refractivity contribution in [3.05, 3.63) is 17.0 Å². The van der Waals surface area contributed by atoms with Crippen molar-refractivity contribution in [2.45, 2.75) is 59.1 Å². The minimum atomic E-state index is -0.404. The van der Waals surface area contributed by atoms with E-state index in [0.29, 0.717) is 0 Å². The van der Waals surface area contributed by atoms with Crippen LogP contribution in [-0.2, 0) is 6.54 Å². The van der Waals surface area contributed by atoms with Gasteiger partial charge in [-0.05, 0) is 57.8 Å². The number of hydrogen-bond donors (Lipinski definition) is 1. The zero-order valence-electron chi connectivity index (χ0n) is 11.7. The van der Waals surface area contributed by atoms with Crippen molar-refractivity contribution in [3.63, 3.8) is 0 Å². The summed E-state index contributed by atoms with van der Waals surface area (Å²) in [4.78, 5) is 0. The van der Waals surface area contributed by atoms with E-state index < -0.39 is 6.10 Å². The summed E-state index contributed by atoms with van der Waals surface area (Å²) >= 11 is 0. The van der Waals surface area contributed by atoms with Crippen LogP contribution in [0.15, 0.2) is 0 Å². The lowest BCUT2D eigenvalue weighted by atomic mass is 9.89. The van der Waals surface area contributed by atoms with E-state index in [4.69, 9.17) is 0 Å². The number of aromatic nitrogens is 2. The molecular weight excluding hydrogens is 224 g/mol. The predicted molar refractivity (Wildman–Crippen MR) is 71.3 cm³/mol. The molecule has 1 aromatic rings. The van der Waals surface area contributed by atoms with Crippen LogP contribution in [0.3, 0.4) is 0 Å². The molecule has 3 heteroatoms. The second-order valence-electron chi connectivity index (χ2n) is 6.38. The van der Waals surface area contributed by atoms with E-state index in [1.54, 1.807) is 0 Å². The molecule has 0 amide bonds. The lowest BCUT2D eigenvalue weighted by Gasteiger charge is -2.22. The third-order valence-corrected chi connectivity index (χ3v) is 5.15. The summed E-state index contributed by atoms with van der Waals surface area (Å²) < 4.78 is 2.14. The van der Waals surface area contributed by atoms with E-state index >= 15 is 0 Å². The Kier molecular flexibility index (Phi) is 2.97. The molecule has 0 aromatic carbocycles. The van der Waals surface area contributed by atoms with Crippen molar-refractivity contribution in [1.29, 1.82) is 0 Å². The summed E-state index contributed by atoms with van der Waals surface area (Å²) in [7, 11) is 0. The topological polar surface area (TPSA) is 38.0 Å². The summed E-state index contributed by atoms with van der Waals surface area (Å²) in [6.07, 6.45) is 5.33. The Morgan fingerprint density at radius 3 is 2.61 bits per heavy atom. The summed E-state index contributed by atoms with van der Waals surface area (Å²) in [5, 5.41) is 14.4. The molecule has 0 spiro atoms. The van der Waals surface area contributed by atoms with Gasteiger partial charge in [-0.25, -0.2) is 0 Å². The van der Waals surface area contributed by atoms with Gasteiger partial charge in [0.1, 0.15) is 0 Å². The highest BCUT2D eigenvalue weighted by Gasteiger charge is 2.39.